The fourth-order valence-corrected chi connectivity index (χ4v) is 4.82. The first-order chi connectivity index (χ1) is 17.4. The summed E-state index contributed by atoms with van der Waals surface area (Å²) < 4.78 is 21.8. The fraction of sp³-hybridized carbons (Fsp3) is 0.286. The van der Waals surface area contributed by atoms with E-state index in [1.165, 1.54) is 0 Å². The number of amides is 2. The summed E-state index contributed by atoms with van der Waals surface area (Å²) in [6, 6.07) is 15.5. The standard InChI is InChI=1S/C28H28N2O6/c1-16-6-5-7-17(2)26(16)29-28(32)27(19-9-11-22-24(13-19)36-15-35-22)30-20(14-25(30)31)18-8-10-21(33-3)23(12-18)34-4/h5-13,20,27H,14-15H2,1-4H3,(H,29,32)/t20-,27+/m1/s1. The van der Waals surface area contributed by atoms with Crippen molar-refractivity contribution in [2.75, 3.05) is 26.3 Å². The SMILES string of the molecule is COc1ccc([C@H]2CC(=O)N2[C@H](C(=O)Nc2c(C)cccc2C)c2ccc3c(c2)OCO3)cc1OC. The van der Waals surface area contributed by atoms with Crippen LogP contribution in [0.4, 0.5) is 5.69 Å². The number of para-hydroxylation sites is 1. The van der Waals surface area contributed by atoms with Crippen LogP contribution in [0, 0.1) is 13.8 Å². The number of β-lactam (4-membered cyclic amide) rings is 1. The molecular weight excluding hydrogens is 460 g/mol. The molecular formula is C28H28N2O6. The van der Waals surface area contributed by atoms with Crippen LogP contribution >= 0.6 is 0 Å². The summed E-state index contributed by atoms with van der Waals surface area (Å²) in [5.41, 5.74) is 4.13. The lowest BCUT2D eigenvalue weighted by Gasteiger charge is -2.45. The Kier molecular flexibility index (Phi) is 6.18. The average Bonchev–Trinajstić information content (AvgIpc) is 3.35. The number of rotatable bonds is 7. The zero-order valence-corrected chi connectivity index (χ0v) is 20.7. The van der Waals surface area contributed by atoms with Crippen LogP contribution in [0.25, 0.3) is 0 Å². The van der Waals surface area contributed by atoms with E-state index in [4.69, 9.17) is 18.9 Å². The Bertz CT molecular complexity index is 1320. The van der Waals surface area contributed by atoms with Crippen LogP contribution in [0.1, 0.15) is 40.8 Å². The number of hydrogen-bond donors (Lipinski definition) is 1. The first-order valence-corrected chi connectivity index (χ1v) is 11.7. The van der Waals surface area contributed by atoms with E-state index in [0.717, 1.165) is 22.4 Å². The number of anilines is 1. The Hall–Kier alpha value is -4.20. The second-order valence-corrected chi connectivity index (χ2v) is 8.91. The van der Waals surface area contributed by atoms with E-state index in [-0.39, 0.29) is 31.1 Å². The van der Waals surface area contributed by atoms with Crippen molar-refractivity contribution in [2.45, 2.75) is 32.4 Å². The number of nitrogens with zero attached hydrogens (tertiary/aromatic N) is 1. The minimum absolute atomic E-state index is 0.117. The molecule has 186 valence electrons. The van der Waals surface area contributed by atoms with Crippen LogP contribution in [-0.2, 0) is 9.59 Å². The summed E-state index contributed by atoms with van der Waals surface area (Å²) in [7, 11) is 3.14. The molecule has 2 aliphatic rings. The van der Waals surface area contributed by atoms with Crippen molar-refractivity contribution < 1.29 is 28.5 Å². The molecule has 1 fully saturated rings. The number of hydrogen-bond acceptors (Lipinski definition) is 6. The maximum absolute atomic E-state index is 13.9. The average molecular weight is 489 g/mol. The fourth-order valence-electron chi connectivity index (χ4n) is 4.82. The van der Waals surface area contributed by atoms with Gasteiger partial charge in [0, 0.05) is 5.69 Å². The van der Waals surface area contributed by atoms with Gasteiger partial charge in [-0.15, -0.1) is 0 Å². The molecule has 36 heavy (non-hydrogen) atoms. The van der Waals surface area contributed by atoms with Crippen molar-refractivity contribution in [1.29, 1.82) is 0 Å². The molecule has 3 aromatic carbocycles. The van der Waals surface area contributed by atoms with Gasteiger partial charge >= 0.3 is 0 Å². The lowest BCUT2D eigenvalue weighted by molar-refractivity contribution is -0.154. The van der Waals surface area contributed by atoms with Gasteiger partial charge in [0.2, 0.25) is 12.7 Å². The molecule has 0 aromatic heterocycles. The van der Waals surface area contributed by atoms with Gasteiger partial charge in [-0.3, -0.25) is 9.59 Å². The number of carbonyl (C=O) groups excluding carboxylic acids is 2. The summed E-state index contributed by atoms with van der Waals surface area (Å²) >= 11 is 0. The molecule has 0 unspecified atom stereocenters. The van der Waals surface area contributed by atoms with Crippen LogP contribution < -0.4 is 24.3 Å². The van der Waals surface area contributed by atoms with Gasteiger partial charge in [0.1, 0.15) is 6.04 Å². The molecule has 5 rings (SSSR count). The molecule has 0 aliphatic carbocycles. The van der Waals surface area contributed by atoms with Gasteiger partial charge < -0.3 is 29.2 Å². The van der Waals surface area contributed by atoms with E-state index in [0.29, 0.717) is 28.6 Å². The highest BCUT2D eigenvalue weighted by molar-refractivity contribution is 6.00. The normalized spacial score (nSPS) is 16.8. The Morgan fingerprint density at radius 3 is 2.39 bits per heavy atom. The smallest absolute Gasteiger partial charge is 0.251 e. The number of benzene rings is 3. The van der Waals surface area contributed by atoms with Gasteiger partial charge in [0.15, 0.2) is 23.0 Å². The maximum Gasteiger partial charge on any atom is 0.251 e. The molecule has 1 saturated heterocycles. The maximum atomic E-state index is 13.9. The molecule has 8 nitrogen and oxygen atoms in total. The van der Waals surface area contributed by atoms with Gasteiger partial charge in [0.25, 0.3) is 5.91 Å². The van der Waals surface area contributed by atoms with Gasteiger partial charge in [0.05, 0.1) is 26.7 Å². The van der Waals surface area contributed by atoms with Crippen LogP contribution in [0.2, 0.25) is 0 Å². The Morgan fingerprint density at radius 1 is 0.972 bits per heavy atom. The topological polar surface area (TPSA) is 86.3 Å². The number of likely N-dealkylation sites (tertiary alicyclic amines) is 1. The number of fused-ring (bicyclic) bond motifs is 1. The zero-order valence-electron chi connectivity index (χ0n) is 20.7. The van der Waals surface area contributed by atoms with Gasteiger partial charge in [-0.1, -0.05) is 30.3 Å². The molecule has 0 saturated carbocycles. The monoisotopic (exact) mass is 488 g/mol. The number of aryl methyl sites for hydroxylation is 2. The largest absolute Gasteiger partial charge is 0.493 e. The zero-order chi connectivity index (χ0) is 25.4. The van der Waals surface area contributed by atoms with Crippen molar-refractivity contribution in [1.82, 2.24) is 4.90 Å². The van der Waals surface area contributed by atoms with E-state index in [1.54, 1.807) is 37.3 Å². The first-order valence-electron chi connectivity index (χ1n) is 11.7. The van der Waals surface area contributed by atoms with E-state index >= 15 is 0 Å². The van der Waals surface area contributed by atoms with E-state index < -0.39 is 6.04 Å². The van der Waals surface area contributed by atoms with Gasteiger partial charge in [-0.05, 0) is 60.4 Å². The molecule has 1 N–H and O–H groups in total. The van der Waals surface area contributed by atoms with E-state index in [2.05, 4.69) is 5.32 Å². The second-order valence-electron chi connectivity index (χ2n) is 8.91. The van der Waals surface area contributed by atoms with Crippen molar-refractivity contribution in [2.24, 2.45) is 0 Å². The molecule has 2 aliphatic heterocycles. The van der Waals surface area contributed by atoms with Crippen LogP contribution in [-0.4, -0.2) is 37.7 Å². The van der Waals surface area contributed by atoms with Gasteiger partial charge in [-0.2, -0.15) is 0 Å². The third kappa shape index (κ3) is 4.08. The highest BCUT2D eigenvalue weighted by atomic mass is 16.7. The molecule has 0 radical (unpaired) electrons. The van der Waals surface area contributed by atoms with Crippen molar-refractivity contribution in [3.05, 3.63) is 76.9 Å². The Labute approximate surface area is 209 Å². The number of methoxy groups -OCH3 is 2. The van der Waals surface area contributed by atoms with Gasteiger partial charge in [-0.25, -0.2) is 0 Å². The highest BCUT2D eigenvalue weighted by Crippen LogP contribution is 2.45. The van der Waals surface area contributed by atoms with Crippen molar-refractivity contribution in [3.63, 3.8) is 0 Å². The summed E-state index contributed by atoms with van der Waals surface area (Å²) in [4.78, 5) is 28.6. The summed E-state index contributed by atoms with van der Waals surface area (Å²) in [6.07, 6.45) is 0.285. The Balaban J connectivity index is 1.55. The lowest BCUT2D eigenvalue weighted by atomic mass is 9.88. The number of ether oxygens (including phenoxy) is 4. The molecule has 8 heteroatoms. The van der Waals surface area contributed by atoms with E-state index in [1.807, 2.05) is 50.2 Å². The van der Waals surface area contributed by atoms with Crippen molar-refractivity contribution in [3.8, 4) is 23.0 Å². The van der Waals surface area contributed by atoms with E-state index in [9.17, 15) is 9.59 Å². The predicted molar refractivity (Wildman–Crippen MR) is 134 cm³/mol. The predicted octanol–water partition coefficient (Wildman–Crippen LogP) is 4.70. The quantitative estimate of drug-likeness (QED) is 0.485. The Morgan fingerprint density at radius 2 is 1.69 bits per heavy atom. The molecule has 0 spiro atoms. The summed E-state index contributed by atoms with van der Waals surface area (Å²) in [6.45, 7) is 4.01. The molecule has 2 amide bonds. The third-order valence-electron chi connectivity index (χ3n) is 6.75. The lowest BCUT2D eigenvalue weighted by Crippen LogP contribution is -2.51. The minimum Gasteiger partial charge on any atom is -0.493 e. The van der Waals surface area contributed by atoms with Crippen LogP contribution in [0.3, 0.4) is 0 Å². The van der Waals surface area contributed by atoms with Crippen LogP contribution in [0.5, 0.6) is 23.0 Å². The second kappa shape index (κ2) is 9.45. The summed E-state index contributed by atoms with van der Waals surface area (Å²) in [5, 5.41) is 3.08. The highest BCUT2D eigenvalue weighted by Gasteiger charge is 2.45. The molecule has 0 bridgehead atoms. The minimum atomic E-state index is -0.877. The van der Waals surface area contributed by atoms with Crippen LogP contribution in [0.15, 0.2) is 54.6 Å². The number of carbonyl (C=O) groups is 2. The number of nitrogens with one attached hydrogen (secondary N) is 1. The molecule has 2 heterocycles. The molecule has 3 aromatic rings. The first kappa shape index (κ1) is 23.5. The molecule has 2 atom stereocenters. The van der Waals surface area contributed by atoms with Crippen molar-refractivity contribution >= 4 is 17.5 Å². The third-order valence-corrected chi connectivity index (χ3v) is 6.75. The summed E-state index contributed by atoms with van der Waals surface area (Å²) in [5.74, 6) is 1.90.